The Labute approximate surface area is 153 Å². The van der Waals surface area contributed by atoms with E-state index < -0.39 is 11.9 Å². The van der Waals surface area contributed by atoms with E-state index in [0.717, 1.165) is 11.3 Å². The molecular weight excluding hydrogens is 334 g/mol. The summed E-state index contributed by atoms with van der Waals surface area (Å²) in [5, 5.41) is 16.5. The summed E-state index contributed by atoms with van der Waals surface area (Å²) in [6.07, 6.45) is 0.266. The molecule has 2 aromatic rings. The largest absolute Gasteiger partial charge is 0.496 e. The number of hydrogen-bond acceptors (Lipinski definition) is 4. The second-order valence-electron chi connectivity index (χ2n) is 6.49. The summed E-state index contributed by atoms with van der Waals surface area (Å²) >= 11 is 0. The first-order chi connectivity index (χ1) is 12.3. The Morgan fingerprint density at radius 2 is 2.00 bits per heavy atom. The van der Waals surface area contributed by atoms with Crippen molar-refractivity contribution >= 4 is 11.9 Å². The molecule has 1 amide bonds. The molecule has 0 fully saturated rings. The molecule has 0 aliphatic rings. The molecule has 140 valence electrons. The van der Waals surface area contributed by atoms with Crippen LogP contribution in [0, 0.1) is 5.92 Å². The van der Waals surface area contributed by atoms with Crippen molar-refractivity contribution in [2.75, 3.05) is 13.7 Å². The van der Waals surface area contributed by atoms with E-state index in [9.17, 15) is 14.7 Å². The van der Waals surface area contributed by atoms with Crippen molar-refractivity contribution in [3.05, 3.63) is 47.3 Å². The van der Waals surface area contributed by atoms with Crippen LogP contribution in [0.5, 0.6) is 5.75 Å². The first kappa shape index (κ1) is 19.5. The number of para-hydroxylation sites is 1. The Balaban J connectivity index is 2.06. The highest BCUT2D eigenvalue weighted by atomic mass is 16.5. The van der Waals surface area contributed by atoms with E-state index in [1.165, 1.54) is 4.68 Å². The lowest BCUT2D eigenvalue weighted by molar-refractivity contribution is -0.141. The zero-order valence-corrected chi connectivity index (χ0v) is 15.5. The number of carboxylic acid groups (broad SMARTS) is 1. The van der Waals surface area contributed by atoms with E-state index >= 15 is 0 Å². The molecule has 2 rings (SSSR count). The van der Waals surface area contributed by atoms with E-state index in [1.54, 1.807) is 26.3 Å². The van der Waals surface area contributed by atoms with Gasteiger partial charge in [0.05, 0.1) is 18.7 Å². The number of ether oxygens (including phenoxy) is 1. The number of nitrogens with zero attached hydrogens (tertiary/aromatic N) is 2. The highest BCUT2D eigenvalue weighted by Crippen LogP contribution is 2.21. The maximum Gasteiger partial charge on any atom is 0.308 e. The lowest BCUT2D eigenvalue weighted by Crippen LogP contribution is -2.35. The molecule has 0 saturated heterocycles. The summed E-state index contributed by atoms with van der Waals surface area (Å²) in [4.78, 5) is 24.0. The third-order valence-electron chi connectivity index (χ3n) is 4.24. The number of nitrogens with one attached hydrogen (secondary N) is 1. The van der Waals surface area contributed by atoms with Crippen molar-refractivity contribution < 1.29 is 19.4 Å². The standard InChI is InChI=1S/C19H25N3O4/c1-12(2)15-10-16(22(3)21-15)18(23)20-11-14(19(24)25)9-13-7-5-6-8-17(13)26-4/h5-8,10,12,14H,9,11H2,1-4H3,(H,20,23)(H,24,25). The van der Waals surface area contributed by atoms with Gasteiger partial charge in [0.2, 0.25) is 0 Å². The van der Waals surface area contributed by atoms with E-state index in [4.69, 9.17) is 4.74 Å². The molecule has 1 heterocycles. The normalized spacial score (nSPS) is 12.0. The number of aromatic nitrogens is 2. The van der Waals surface area contributed by atoms with Crippen molar-refractivity contribution in [2.24, 2.45) is 13.0 Å². The fraction of sp³-hybridized carbons (Fsp3) is 0.421. The second kappa shape index (κ2) is 8.51. The number of aliphatic carboxylic acids is 1. The van der Waals surface area contributed by atoms with E-state index in [1.807, 2.05) is 32.0 Å². The summed E-state index contributed by atoms with van der Waals surface area (Å²) in [6.45, 7) is 4.02. The monoisotopic (exact) mass is 359 g/mol. The van der Waals surface area contributed by atoms with Gasteiger partial charge in [-0.1, -0.05) is 32.0 Å². The van der Waals surface area contributed by atoms with Gasteiger partial charge in [0.1, 0.15) is 11.4 Å². The minimum Gasteiger partial charge on any atom is -0.496 e. The predicted molar refractivity (Wildman–Crippen MR) is 97.5 cm³/mol. The molecule has 1 unspecified atom stereocenters. The number of hydrogen-bond donors (Lipinski definition) is 2. The molecule has 7 nitrogen and oxygen atoms in total. The van der Waals surface area contributed by atoms with Gasteiger partial charge in [0.25, 0.3) is 5.91 Å². The minimum absolute atomic E-state index is 0.0222. The summed E-state index contributed by atoms with van der Waals surface area (Å²) in [5.74, 6) is -1.21. The SMILES string of the molecule is COc1ccccc1CC(CNC(=O)c1cc(C(C)C)nn1C)C(=O)O. The van der Waals surface area contributed by atoms with Gasteiger partial charge < -0.3 is 15.2 Å². The van der Waals surface area contributed by atoms with Crippen molar-refractivity contribution in [2.45, 2.75) is 26.2 Å². The highest BCUT2D eigenvalue weighted by Gasteiger charge is 2.22. The number of aryl methyl sites for hydroxylation is 1. The Bertz CT molecular complexity index is 783. The molecule has 1 aromatic heterocycles. The second-order valence-corrected chi connectivity index (χ2v) is 6.49. The zero-order valence-electron chi connectivity index (χ0n) is 15.5. The number of amides is 1. The average molecular weight is 359 g/mol. The van der Waals surface area contributed by atoms with Gasteiger partial charge in [0.15, 0.2) is 0 Å². The molecule has 7 heteroatoms. The average Bonchev–Trinajstić information content (AvgIpc) is 3.00. The van der Waals surface area contributed by atoms with Gasteiger partial charge in [-0.2, -0.15) is 5.10 Å². The lowest BCUT2D eigenvalue weighted by Gasteiger charge is -2.15. The molecule has 1 aromatic carbocycles. The fourth-order valence-electron chi connectivity index (χ4n) is 2.67. The van der Waals surface area contributed by atoms with Gasteiger partial charge in [-0.25, -0.2) is 0 Å². The third-order valence-corrected chi connectivity index (χ3v) is 4.24. The number of carbonyl (C=O) groups is 2. The summed E-state index contributed by atoms with van der Waals surface area (Å²) in [5.41, 5.74) is 2.02. The topological polar surface area (TPSA) is 93.5 Å². The Morgan fingerprint density at radius 1 is 1.31 bits per heavy atom. The van der Waals surface area contributed by atoms with Gasteiger partial charge in [-0.3, -0.25) is 14.3 Å². The van der Waals surface area contributed by atoms with Crippen molar-refractivity contribution in [1.82, 2.24) is 15.1 Å². The maximum atomic E-state index is 12.4. The van der Waals surface area contributed by atoms with Crippen LogP contribution in [0.25, 0.3) is 0 Å². The summed E-state index contributed by atoms with van der Waals surface area (Å²) in [6, 6.07) is 9.01. The Morgan fingerprint density at radius 3 is 2.58 bits per heavy atom. The molecule has 0 aliphatic carbocycles. The van der Waals surface area contributed by atoms with E-state index in [-0.39, 0.29) is 24.8 Å². The first-order valence-corrected chi connectivity index (χ1v) is 8.50. The molecule has 0 bridgehead atoms. The number of carboxylic acids is 1. The third kappa shape index (κ3) is 4.62. The quantitative estimate of drug-likeness (QED) is 0.754. The fourth-order valence-corrected chi connectivity index (χ4v) is 2.67. The Kier molecular flexibility index (Phi) is 6.38. The molecule has 0 saturated carbocycles. The van der Waals surface area contributed by atoms with Gasteiger partial charge in [0, 0.05) is 13.6 Å². The number of carbonyl (C=O) groups excluding carboxylic acids is 1. The van der Waals surface area contributed by atoms with E-state index in [0.29, 0.717) is 11.4 Å². The van der Waals surface area contributed by atoms with Crippen molar-refractivity contribution in [3.8, 4) is 5.75 Å². The minimum atomic E-state index is -0.968. The highest BCUT2D eigenvalue weighted by molar-refractivity contribution is 5.93. The van der Waals surface area contributed by atoms with Crippen LogP contribution < -0.4 is 10.1 Å². The van der Waals surface area contributed by atoms with E-state index in [2.05, 4.69) is 10.4 Å². The molecule has 0 radical (unpaired) electrons. The summed E-state index contributed by atoms with van der Waals surface area (Å²) in [7, 11) is 3.25. The molecule has 0 aliphatic heterocycles. The van der Waals surface area contributed by atoms with Crippen LogP contribution >= 0.6 is 0 Å². The van der Waals surface area contributed by atoms with Crippen molar-refractivity contribution in [1.29, 1.82) is 0 Å². The van der Waals surface area contributed by atoms with Gasteiger partial charge in [-0.05, 0) is 30.0 Å². The zero-order chi connectivity index (χ0) is 19.3. The molecular formula is C19H25N3O4. The van der Waals surface area contributed by atoms with Crippen LogP contribution in [0.3, 0.4) is 0 Å². The molecule has 1 atom stereocenters. The van der Waals surface area contributed by atoms with Crippen LogP contribution in [0.4, 0.5) is 0 Å². The number of benzene rings is 1. The van der Waals surface area contributed by atoms with Gasteiger partial charge >= 0.3 is 5.97 Å². The van der Waals surface area contributed by atoms with Crippen LogP contribution in [-0.2, 0) is 18.3 Å². The first-order valence-electron chi connectivity index (χ1n) is 8.50. The molecule has 0 spiro atoms. The number of methoxy groups -OCH3 is 1. The Hall–Kier alpha value is -2.83. The smallest absolute Gasteiger partial charge is 0.308 e. The van der Waals surface area contributed by atoms with Crippen LogP contribution in [-0.4, -0.2) is 40.4 Å². The molecule has 26 heavy (non-hydrogen) atoms. The van der Waals surface area contributed by atoms with Gasteiger partial charge in [-0.15, -0.1) is 0 Å². The van der Waals surface area contributed by atoms with Crippen LogP contribution in [0.2, 0.25) is 0 Å². The molecule has 2 N–H and O–H groups in total. The van der Waals surface area contributed by atoms with Crippen LogP contribution in [0.15, 0.2) is 30.3 Å². The predicted octanol–water partition coefficient (Wildman–Crippen LogP) is 2.23. The summed E-state index contributed by atoms with van der Waals surface area (Å²) < 4.78 is 6.78. The van der Waals surface area contributed by atoms with Crippen LogP contribution in [0.1, 0.15) is 41.5 Å². The lowest BCUT2D eigenvalue weighted by atomic mass is 9.98. The number of rotatable bonds is 8. The van der Waals surface area contributed by atoms with Crippen molar-refractivity contribution in [3.63, 3.8) is 0 Å². The maximum absolute atomic E-state index is 12.4.